The van der Waals surface area contributed by atoms with Crippen molar-refractivity contribution in [2.75, 3.05) is 7.11 Å². The first kappa shape index (κ1) is 13.5. The summed E-state index contributed by atoms with van der Waals surface area (Å²) in [4.78, 5) is 0. The molecule has 0 atom stereocenters. The summed E-state index contributed by atoms with van der Waals surface area (Å²) >= 11 is 0. The Morgan fingerprint density at radius 3 is 0.909 bits per heavy atom. The summed E-state index contributed by atoms with van der Waals surface area (Å²) in [6.45, 7) is 4.25. The largest absolute Gasteiger partial charge is 0.400 e. The van der Waals surface area contributed by atoms with Gasteiger partial charge in [0.1, 0.15) is 0 Å². The van der Waals surface area contributed by atoms with Crippen LogP contribution in [0.5, 0.6) is 0 Å². The Morgan fingerprint density at radius 1 is 0.727 bits per heavy atom. The molecular formula is C10H24O. The average molecular weight is 160 g/mol. The fourth-order valence-corrected chi connectivity index (χ4v) is 1.06. The maximum atomic E-state index is 7.00. The highest BCUT2D eigenvalue weighted by Crippen LogP contribution is 2.15. The van der Waals surface area contributed by atoms with Crippen LogP contribution in [0.4, 0.5) is 0 Å². The number of hydrogen-bond acceptors (Lipinski definition) is 1. The van der Waals surface area contributed by atoms with Crippen molar-refractivity contribution in [3.8, 4) is 0 Å². The lowest BCUT2D eigenvalue weighted by Gasteiger charge is -2.05. The van der Waals surface area contributed by atoms with E-state index in [1.807, 2.05) is 0 Å². The standard InChI is InChI=1S/C6H12.C3H8.CH4O/c1-2-4-6-5-3-1;1-3-2;1-2/h1-6H2;3H2,1-2H3;2H,1H3. The lowest BCUT2D eigenvalue weighted by molar-refractivity contribution is 0.399. The van der Waals surface area contributed by atoms with Gasteiger partial charge in [0.05, 0.1) is 0 Å². The van der Waals surface area contributed by atoms with Gasteiger partial charge >= 0.3 is 0 Å². The molecule has 1 saturated carbocycles. The molecule has 0 aromatic carbocycles. The Bertz CT molecular complexity index is 28.6. The zero-order chi connectivity index (χ0) is 8.95. The van der Waals surface area contributed by atoms with Crippen LogP contribution in [0.15, 0.2) is 0 Å². The Labute approximate surface area is 71.8 Å². The van der Waals surface area contributed by atoms with E-state index in [4.69, 9.17) is 5.11 Å². The van der Waals surface area contributed by atoms with Crippen LogP contribution >= 0.6 is 0 Å². The van der Waals surface area contributed by atoms with Crippen molar-refractivity contribution >= 4 is 0 Å². The molecule has 0 amide bonds. The molecule has 0 spiro atoms. The van der Waals surface area contributed by atoms with Crippen LogP contribution in [0.3, 0.4) is 0 Å². The summed E-state index contributed by atoms with van der Waals surface area (Å²) in [6.07, 6.45) is 10.2. The summed E-state index contributed by atoms with van der Waals surface area (Å²) in [7, 11) is 1.00. The van der Waals surface area contributed by atoms with E-state index in [1.54, 1.807) is 0 Å². The van der Waals surface area contributed by atoms with Crippen LogP contribution in [0, 0.1) is 0 Å². The molecule has 0 bridgehead atoms. The molecule has 1 aliphatic rings. The maximum Gasteiger partial charge on any atom is 0.0319 e. The Morgan fingerprint density at radius 2 is 0.818 bits per heavy atom. The minimum atomic E-state index is 1.00. The first-order valence-corrected chi connectivity index (χ1v) is 4.86. The highest BCUT2D eigenvalue weighted by atomic mass is 16.2. The summed E-state index contributed by atoms with van der Waals surface area (Å²) in [5.41, 5.74) is 0. The molecule has 70 valence electrons. The average Bonchev–Trinajstić information content (AvgIpc) is 2.12. The zero-order valence-corrected chi connectivity index (χ0v) is 8.40. The maximum absolute atomic E-state index is 7.00. The van der Waals surface area contributed by atoms with Gasteiger partial charge in [0, 0.05) is 7.11 Å². The van der Waals surface area contributed by atoms with Crippen LogP contribution in [0.25, 0.3) is 0 Å². The first-order valence-electron chi connectivity index (χ1n) is 4.86. The molecule has 0 aliphatic heterocycles. The van der Waals surface area contributed by atoms with Gasteiger partial charge in [0.2, 0.25) is 0 Å². The summed E-state index contributed by atoms with van der Waals surface area (Å²) in [5, 5.41) is 7.00. The van der Waals surface area contributed by atoms with Crippen molar-refractivity contribution in [2.45, 2.75) is 58.8 Å². The molecule has 1 rings (SSSR count). The van der Waals surface area contributed by atoms with Gasteiger partial charge in [-0.05, 0) is 0 Å². The predicted octanol–water partition coefficient (Wildman–Crippen LogP) is 3.37. The second-order valence-electron chi connectivity index (χ2n) is 2.83. The summed E-state index contributed by atoms with van der Waals surface area (Å²) in [5.74, 6) is 0. The van der Waals surface area contributed by atoms with E-state index in [9.17, 15) is 0 Å². The van der Waals surface area contributed by atoms with E-state index in [0.717, 1.165) is 7.11 Å². The van der Waals surface area contributed by atoms with E-state index in [-0.39, 0.29) is 0 Å². The molecule has 0 aromatic rings. The summed E-state index contributed by atoms with van der Waals surface area (Å²) < 4.78 is 0. The topological polar surface area (TPSA) is 20.2 Å². The predicted molar refractivity (Wildman–Crippen MR) is 51.8 cm³/mol. The Hall–Kier alpha value is -0.0400. The summed E-state index contributed by atoms with van der Waals surface area (Å²) in [6, 6.07) is 0. The van der Waals surface area contributed by atoms with E-state index >= 15 is 0 Å². The second-order valence-corrected chi connectivity index (χ2v) is 2.83. The van der Waals surface area contributed by atoms with Gasteiger partial charge in [-0.15, -0.1) is 0 Å². The molecule has 0 saturated heterocycles. The zero-order valence-electron chi connectivity index (χ0n) is 8.40. The second kappa shape index (κ2) is 16.5. The van der Waals surface area contributed by atoms with Crippen LogP contribution < -0.4 is 0 Å². The molecule has 0 unspecified atom stereocenters. The molecule has 1 fully saturated rings. The highest BCUT2D eigenvalue weighted by Gasteiger charge is 1.95. The minimum absolute atomic E-state index is 1.00. The van der Waals surface area contributed by atoms with Gasteiger partial charge in [-0.1, -0.05) is 58.8 Å². The molecular weight excluding hydrogens is 136 g/mol. The first-order chi connectivity index (χ1) is 5.41. The van der Waals surface area contributed by atoms with Crippen LogP contribution in [0.2, 0.25) is 0 Å². The third-order valence-corrected chi connectivity index (χ3v) is 1.50. The Kier molecular flexibility index (Phi) is 20.3. The molecule has 1 aliphatic carbocycles. The fraction of sp³-hybridized carbons (Fsp3) is 1.00. The van der Waals surface area contributed by atoms with Crippen molar-refractivity contribution in [1.29, 1.82) is 0 Å². The SMILES string of the molecule is C1CCCCC1.CCC.CO. The lowest BCUT2D eigenvalue weighted by Crippen LogP contribution is -1.85. The Balaban J connectivity index is 0. The van der Waals surface area contributed by atoms with Crippen molar-refractivity contribution in [1.82, 2.24) is 0 Å². The smallest absolute Gasteiger partial charge is 0.0319 e. The van der Waals surface area contributed by atoms with Gasteiger partial charge < -0.3 is 5.11 Å². The van der Waals surface area contributed by atoms with Gasteiger partial charge in [-0.2, -0.15) is 0 Å². The van der Waals surface area contributed by atoms with Gasteiger partial charge in [-0.25, -0.2) is 0 Å². The quantitative estimate of drug-likeness (QED) is 0.576. The van der Waals surface area contributed by atoms with Gasteiger partial charge in [0.25, 0.3) is 0 Å². The van der Waals surface area contributed by atoms with E-state index in [0.29, 0.717) is 0 Å². The molecule has 1 nitrogen and oxygen atoms in total. The molecule has 1 heteroatoms. The van der Waals surface area contributed by atoms with E-state index in [1.165, 1.54) is 44.9 Å². The van der Waals surface area contributed by atoms with Gasteiger partial charge in [0.15, 0.2) is 0 Å². The fourth-order valence-electron chi connectivity index (χ4n) is 1.06. The third kappa shape index (κ3) is 17.8. The number of hydrogen-bond donors (Lipinski definition) is 1. The number of rotatable bonds is 0. The third-order valence-electron chi connectivity index (χ3n) is 1.50. The molecule has 0 aromatic heterocycles. The van der Waals surface area contributed by atoms with Crippen molar-refractivity contribution < 1.29 is 5.11 Å². The van der Waals surface area contributed by atoms with Crippen molar-refractivity contribution in [3.63, 3.8) is 0 Å². The van der Waals surface area contributed by atoms with E-state index < -0.39 is 0 Å². The van der Waals surface area contributed by atoms with E-state index in [2.05, 4.69) is 13.8 Å². The molecule has 1 N–H and O–H groups in total. The van der Waals surface area contributed by atoms with Crippen LogP contribution in [-0.2, 0) is 0 Å². The molecule has 11 heavy (non-hydrogen) atoms. The molecule has 0 radical (unpaired) electrons. The van der Waals surface area contributed by atoms with Gasteiger partial charge in [-0.3, -0.25) is 0 Å². The van der Waals surface area contributed by atoms with Crippen LogP contribution in [0.1, 0.15) is 58.8 Å². The van der Waals surface area contributed by atoms with Crippen LogP contribution in [-0.4, -0.2) is 12.2 Å². The highest BCUT2D eigenvalue weighted by molar-refractivity contribution is 4.51. The monoisotopic (exact) mass is 160 g/mol. The lowest BCUT2D eigenvalue weighted by atomic mass is 10.0. The number of aliphatic hydroxyl groups is 1. The van der Waals surface area contributed by atoms with Crippen molar-refractivity contribution in [2.24, 2.45) is 0 Å². The normalized spacial score (nSPS) is 15.3. The molecule has 0 heterocycles. The minimum Gasteiger partial charge on any atom is -0.400 e. The van der Waals surface area contributed by atoms with Crippen molar-refractivity contribution in [3.05, 3.63) is 0 Å². The number of aliphatic hydroxyl groups excluding tert-OH is 1.